The van der Waals surface area contributed by atoms with Crippen molar-refractivity contribution in [2.45, 2.75) is 20.3 Å². The van der Waals surface area contributed by atoms with Crippen molar-refractivity contribution in [2.75, 3.05) is 0 Å². The monoisotopic (exact) mass is 208 g/mol. The normalized spacial score (nSPS) is 10.6. The zero-order valence-electron chi connectivity index (χ0n) is 7.83. The largest absolute Gasteiger partial charge is 0.148 e. The third-order valence-electron chi connectivity index (χ3n) is 2.09. The molecule has 0 saturated heterocycles. The van der Waals surface area contributed by atoms with Gasteiger partial charge in [-0.3, -0.25) is 0 Å². The molecule has 13 heavy (non-hydrogen) atoms. The van der Waals surface area contributed by atoms with Crippen LogP contribution in [0, 0.1) is 13.8 Å². The molecule has 0 aliphatic heterocycles. The molecule has 0 nitrogen and oxygen atoms in total. The van der Waals surface area contributed by atoms with Crippen LogP contribution in [0.3, 0.4) is 0 Å². The van der Waals surface area contributed by atoms with Crippen molar-refractivity contribution < 1.29 is 0 Å². The first-order valence-corrected chi connectivity index (χ1v) is 6.08. The number of rotatable bonds is 2. The molecular weight excluding hydrogens is 196 g/mol. The lowest BCUT2D eigenvalue weighted by molar-refractivity contribution is 1.25. The van der Waals surface area contributed by atoms with Gasteiger partial charge in [-0.05, 0) is 47.9 Å². The molecule has 0 spiro atoms. The Morgan fingerprint density at radius 1 is 1.23 bits per heavy atom. The Bertz CT molecular complexity index is 396. The van der Waals surface area contributed by atoms with E-state index < -0.39 is 0 Å². The molecule has 0 saturated carbocycles. The highest BCUT2D eigenvalue weighted by Gasteiger charge is 2.02. The van der Waals surface area contributed by atoms with Gasteiger partial charge in [0.2, 0.25) is 0 Å². The molecule has 2 aromatic rings. The summed E-state index contributed by atoms with van der Waals surface area (Å²) in [4.78, 5) is 2.98. The first kappa shape index (κ1) is 8.97. The molecule has 0 radical (unpaired) electrons. The number of thiophene rings is 2. The molecule has 0 fully saturated rings. The number of hydrogen-bond acceptors (Lipinski definition) is 2. The van der Waals surface area contributed by atoms with Crippen molar-refractivity contribution in [3.8, 4) is 0 Å². The Balaban J connectivity index is 2.19. The Kier molecular flexibility index (Phi) is 2.51. The van der Waals surface area contributed by atoms with Gasteiger partial charge < -0.3 is 0 Å². The minimum Gasteiger partial charge on any atom is -0.148 e. The Labute approximate surface area is 86.9 Å². The van der Waals surface area contributed by atoms with Gasteiger partial charge in [-0.1, -0.05) is 0 Å². The van der Waals surface area contributed by atoms with Crippen molar-refractivity contribution in [1.82, 2.24) is 0 Å². The smallest absolute Gasteiger partial charge is 0.0166 e. The van der Waals surface area contributed by atoms with Crippen LogP contribution in [0.25, 0.3) is 0 Å². The first-order valence-electron chi connectivity index (χ1n) is 4.32. The molecule has 68 valence electrons. The predicted octanol–water partition coefficient (Wildman–Crippen LogP) is 4.02. The van der Waals surface area contributed by atoms with Gasteiger partial charge in [-0.15, -0.1) is 22.7 Å². The third kappa shape index (κ3) is 2.01. The molecule has 0 unspecified atom stereocenters. The van der Waals surface area contributed by atoms with Gasteiger partial charge in [0.05, 0.1) is 0 Å². The van der Waals surface area contributed by atoms with Crippen LogP contribution in [0.15, 0.2) is 22.9 Å². The minimum atomic E-state index is 1.11. The van der Waals surface area contributed by atoms with Gasteiger partial charge in [0, 0.05) is 16.2 Å². The summed E-state index contributed by atoms with van der Waals surface area (Å²) >= 11 is 3.72. The van der Waals surface area contributed by atoms with Gasteiger partial charge in [0.15, 0.2) is 0 Å². The van der Waals surface area contributed by atoms with Gasteiger partial charge in [-0.25, -0.2) is 0 Å². The summed E-state index contributed by atoms with van der Waals surface area (Å²) in [5.74, 6) is 0. The van der Waals surface area contributed by atoms with Crippen LogP contribution < -0.4 is 0 Å². The van der Waals surface area contributed by atoms with E-state index in [1.165, 1.54) is 20.9 Å². The van der Waals surface area contributed by atoms with Crippen molar-refractivity contribution in [2.24, 2.45) is 0 Å². The van der Waals surface area contributed by atoms with E-state index in [4.69, 9.17) is 0 Å². The second-order valence-electron chi connectivity index (χ2n) is 3.29. The van der Waals surface area contributed by atoms with Crippen molar-refractivity contribution in [3.63, 3.8) is 0 Å². The maximum atomic E-state index is 2.28. The van der Waals surface area contributed by atoms with Gasteiger partial charge >= 0.3 is 0 Å². The standard InChI is InChI=1S/C11H12S2/c1-8-5-10(13-7-8)6-11-9(2)3-4-12-11/h3-5,7H,6H2,1-2H3. The predicted molar refractivity (Wildman–Crippen MR) is 60.9 cm³/mol. The van der Waals surface area contributed by atoms with Gasteiger partial charge in [-0.2, -0.15) is 0 Å². The highest BCUT2D eigenvalue weighted by Crippen LogP contribution is 2.23. The lowest BCUT2D eigenvalue weighted by Gasteiger charge is -1.95. The molecule has 0 N–H and O–H groups in total. The average Bonchev–Trinajstić information content (AvgIpc) is 2.64. The Morgan fingerprint density at radius 2 is 2.08 bits per heavy atom. The van der Waals surface area contributed by atoms with Crippen LogP contribution in [-0.2, 0) is 6.42 Å². The first-order chi connectivity index (χ1) is 6.25. The summed E-state index contributed by atoms with van der Waals surface area (Å²) in [6.07, 6.45) is 1.11. The second kappa shape index (κ2) is 3.64. The maximum absolute atomic E-state index is 2.28. The van der Waals surface area contributed by atoms with E-state index >= 15 is 0 Å². The van der Waals surface area contributed by atoms with E-state index in [2.05, 4.69) is 36.7 Å². The molecule has 2 heteroatoms. The summed E-state index contributed by atoms with van der Waals surface area (Å²) in [6.45, 7) is 4.34. The lowest BCUT2D eigenvalue weighted by atomic mass is 10.2. The van der Waals surface area contributed by atoms with Crippen molar-refractivity contribution >= 4 is 22.7 Å². The van der Waals surface area contributed by atoms with E-state index in [0.717, 1.165) is 6.42 Å². The molecule has 0 aliphatic rings. The highest BCUT2D eigenvalue weighted by molar-refractivity contribution is 7.11. The Hall–Kier alpha value is -0.600. The molecule has 2 heterocycles. The van der Waals surface area contributed by atoms with Crippen LogP contribution in [0.4, 0.5) is 0 Å². The fourth-order valence-corrected chi connectivity index (χ4v) is 3.23. The second-order valence-corrected chi connectivity index (χ2v) is 5.29. The fraction of sp³-hybridized carbons (Fsp3) is 0.273. The quantitative estimate of drug-likeness (QED) is 0.699. The molecule has 2 rings (SSSR count). The van der Waals surface area contributed by atoms with E-state index in [0.29, 0.717) is 0 Å². The van der Waals surface area contributed by atoms with E-state index in [1.54, 1.807) is 0 Å². The van der Waals surface area contributed by atoms with Crippen LogP contribution in [-0.4, -0.2) is 0 Å². The van der Waals surface area contributed by atoms with Crippen LogP contribution in [0.2, 0.25) is 0 Å². The van der Waals surface area contributed by atoms with E-state index in [1.807, 2.05) is 22.7 Å². The zero-order chi connectivity index (χ0) is 9.26. The van der Waals surface area contributed by atoms with Crippen LogP contribution >= 0.6 is 22.7 Å². The summed E-state index contributed by atoms with van der Waals surface area (Å²) in [5, 5.41) is 4.39. The molecule has 2 aromatic heterocycles. The molecular formula is C11H12S2. The maximum Gasteiger partial charge on any atom is 0.0166 e. The van der Waals surface area contributed by atoms with Crippen molar-refractivity contribution in [3.05, 3.63) is 43.8 Å². The number of aryl methyl sites for hydroxylation is 2. The van der Waals surface area contributed by atoms with Crippen LogP contribution in [0.1, 0.15) is 20.9 Å². The minimum absolute atomic E-state index is 1.11. The van der Waals surface area contributed by atoms with E-state index in [-0.39, 0.29) is 0 Å². The van der Waals surface area contributed by atoms with Gasteiger partial charge in [0.1, 0.15) is 0 Å². The molecule has 0 aliphatic carbocycles. The topological polar surface area (TPSA) is 0 Å². The van der Waals surface area contributed by atoms with Crippen LogP contribution in [0.5, 0.6) is 0 Å². The third-order valence-corrected chi connectivity index (χ3v) is 4.17. The summed E-state index contributed by atoms with van der Waals surface area (Å²) in [6, 6.07) is 4.48. The highest BCUT2D eigenvalue weighted by atomic mass is 32.1. The SMILES string of the molecule is Cc1csc(Cc2sccc2C)c1. The fourth-order valence-electron chi connectivity index (χ4n) is 1.33. The lowest BCUT2D eigenvalue weighted by Crippen LogP contribution is -1.81. The zero-order valence-corrected chi connectivity index (χ0v) is 9.47. The molecule has 0 bridgehead atoms. The van der Waals surface area contributed by atoms with Gasteiger partial charge in [0.25, 0.3) is 0 Å². The Morgan fingerprint density at radius 3 is 2.62 bits per heavy atom. The molecule has 0 amide bonds. The molecule has 0 atom stereocenters. The summed E-state index contributed by atoms with van der Waals surface area (Å²) in [5.41, 5.74) is 2.81. The summed E-state index contributed by atoms with van der Waals surface area (Å²) in [7, 11) is 0. The van der Waals surface area contributed by atoms with E-state index in [9.17, 15) is 0 Å². The molecule has 0 aromatic carbocycles. The van der Waals surface area contributed by atoms with Crippen molar-refractivity contribution in [1.29, 1.82) is 0 Å². The average molecular weight is 208 g/mol. The summed E-state index contributed by atoms with van der Waals surface area (Å²) < 4.78 is 0. The number of hydrogen-bond donors (Lipinski definition) is 0.